The van der Waals surface area contributed by atoms with Crippen molar-refractivity contribution in [2.24, 2.45) is 7.05 Å². The van der Waals surface area contributed by atoms with Gasteiger partial charge in [-0.05, 0) is 18.2 Å². The Balaban J connectivity index is 1.53. The largest absolute Gasteiger partial charge is 0.370 e. The molecular weight excluding hydrogens is 362 g/mol. The van der Waals surface area contributed by atoms with Gasteiger partial charge in [-0.15, -0.1) is 11.3 Å². The van der Waals surface area contributed by atoms with E-state index in [1.165, 1.54) is 4.90 Å². The Hall–Kier alpha value is -2.29. The van der Waals surface area contributed by atoms with Crippen LogP contribution in [0, 0.1) is 0 Å². The minimum absolute atomic E-state index is 0.0426. The van der Waals surface area contributed by atoms with E-state index in [9.17, 15) is 4.79 Å². The first-order valence-electron chi connectivity index (χ1n) is 9.21. The Morgan fingerprint density at radius 3 is 2.96 bits per heavy atom. The summed E-state index contributed by atoms with van der Waals surface area (Å²) in [7, 11) is 1.96. The summed E-state index contributed by atoms with van der Waals surface area (Å²) in [6.07, 6.45) is 3.68. The number of thiazole rings is 1. The molecule has 1 amide bonds. The molecule has 1 fully saturated rings. The van der Waals surface area contributed by atoms with Crippen LogP contribution in [0.2, 0.25) is 0 Å². The number of hydrogen-bond donors (Lipinski definition) is 1. The summed E-state index contributed by atoms with van der Waals surface area (Å²) in [4.78, 5) is 25.4. The molecule has 0 saturated carbocycles. The Bertz CT molecular complexity index is 916. The van der Waals surface area contributed by atoms with Crippen molar-refractivity contribution in [1.82, 2.24) is 19.4 Å². The molecule has 142 valence electrons. The van der Waals surface area contributed by atoms with E-state index in [1.807, 2.05) is 46.4 Å². The molecule has 0 aliphatic carbocycles. The molecule has 4 rings (SSSR count). The summed E-state index contributed by atoms with van der Waals surface area (Å²) >= 11 is 1.56. The third-order valence-electron chi connectivity index (χ3n) is 5.05. The lowest BCUT2D eigenvalue weighted by atomic mass is 10.2. The highest BCUT2D eigenvalue weighted by Gasteiger charge is 2.22. The second kappa shape index (κ2) is 8.16. The fourth-order valence-corrected chi connectivity index (χ4v) is 4.06. The van der Waals surface area contributed by atoms with Crippen LogP contribution in [-0.2, 0) is 18.3 Å². The number of imidazole rings is 1. The normalized spacial score (nSPS) is 15.3. The number of morpholine rings is 1. The van der Waals surface area contributed by atoms with E-state index in [-0.39, 0.29) is 5.91 Å². The van der Waals surface area contributed by atoms with Gasteiger partial charge in [-0.2, -0.15) is 0 Å². The smallest absolute Gasteiger partial charge is 0.254 e. The Labute approximate surface area is 162 Å². The quantitative estimate of drug-likeness (QED) is 0.673. The van der Waals surface area contributed by atoms with Crippen molar-refractivity contribution in [3.05, 3.63) is 47.5 Å². The van der Waals surface area contributed by atoms with Gasteiger partial charge in [0.25, 0.3) is 5.91 Å². The average Bonchev–Trinajstić information content (AvgIpc) is 3.33. The van der Waals surface area contributed by atoms with Gasteiger partial charge in [0.15, 0.2) is 0 Å². The fraction of sp³-hybridized carbons (Fsp3) is 0.421. The van der Waals surface area contributed by atoms with Gasteiger partial charge in [0.05, 0.1) is 48.6 Å². The van der Waals surface area contributed by atoms with Crippen LogP contribution >= 0.6 is 11.3 Å². The zero-order chi connectivity index (χ0) is 18.6. The summed E-state index contributed by atoms with van der Waals surface area (Å²) < 4.78 is 8.44. The Morgan fingerprint density at radius 1 is 1.33 bits per heavy atom. The summed E-state index contributed by atoms with van der Waals surface area (Å²) in [5.41, 5.74) is 3.45. The molecule has 1 saturated heterocycles. The maximum Gasteiger partial charge on any atom is 0.254 e. The van der Waals surface area contributed by atoms with Crippen LogP contribution < -0.4 is 4.90 Å². The number of benzene rings is 1. The lowest BCUT2D eigenvalue weighted by Gasteiger charge is -2.28. The number of fused-ring (bicyclic) bond motifs is 1. The molecule has 0 spiro atoms. The third-order valence-corrected chi connectivity index (χ3v) is 5.85. The van der Waals surface area contributed by atoms with Gasteiger partial charge in [-0.1, -0.05) is 0 Å². The highest BCUT2D eigenvalue weighted by Crippen LogP contribution is 2.20. The number of aromatic nitrogens is 3. The van der Waals surface area contributed by atoms with Gasteiger partial charge in [-0.25, -0.2) is 9.97 Å². The van der Waals surface area contributed by atoms with Gasteiger partial charge in [0.2, 0.25) is 0 Å². The molecule has 27 heavy (non-hydrogen) atoms. The van der Waals surface area contributed by atoms with Crippen LogP contribution in [0.25, 0.3) is 10.2 Å². The standard InChI is InChI=1S/C19H23N5O2S/c1-22-5-4-20-18(22)13-24(7-6-23-8-10-26-11-9-23)19(25)15-2-3-16-17(12-15)27-14-21-16/h2-5,12,14H,6-11,13H2,1H3/p+1. The van der Waals surface area contributed by atoms with E-state index in [2.05, 4.69) is 9.97 Å². The highest BCUT2D eigenvalue weighted by atomic mass is 32.1. The van der Waals surface area contributed by atoms with E-state index in [1.54, 1.807) is 17.5 Å². The second-order valence-electron chi connectivity index (χ2n) is 6.83. The van der Waals surface area contributed by atoms with Crippen LogP contribution in [0.3, 0.4) is 0 Å². The lowest BCUT2D eigenvalue weighted by Crippen LogP contribution is -3.14. The molecule has 0 unspecified atom stereocenters. The average molecular weight is 387 g/mol. The second-order valence-corrected chi connectivity index (χ2v) is 7.71. The van der Waals surface area contributed by atoms with E-state index in [0.29, 0.717) is 18.7 Å². The van der Waals surface area contributed by atoms with Crippen molar-refractivity contribution in [2.45, 2.75) is 6.54 Å². The fourth-order valence-electron chi connectivity index (χ4n) is 3.35. The zero-order valence-electron chi connectivity index (χ0n) is 15.4. The van der Waals surface area contributed by atoms with Crippen LogP contribution in [-0.4, -0.2) is 64.7 Å². The maximum atomic E-state index is 13.3. The molecule has 3 heterocycles. The molecule has 3 aromatic rings. The number of ether oxygens (including phenoxy) is 1. The number of amides is 1. The molecule has 0 atom stereocenters. The number of aryl methyl sites for hydroxylation is 1. The van der Waals surface area contributed by atoms with E-state index >= 15 is 0 Å². The molecule has 2 aromatic heterocycles. The molecule has 7 nitrogen and oxygen atoms in total. The van der Waals surface area contributed by atoms with Crippen molar-refractivity contribution in [1.29, 1.82) is 0 Å². The predicted octanol–water partition coefficient (Wildman–Crippen LogP) is 0.587. The molecule has 0 bridgehead atoms. The van der Waals surface area contributed by atoms with Crippen molar-refractivity contribution < 1.29 is 14.4 Å². The molecule has 1 aliphatic heterocycles. The molecule has 1 aromatic carbocycles. The first kappa shape index (κ1) is 18.1. The number of nitrogens with zero attached hydrogens (tertiary/aromatic N) is 4. The van der Waals surface area contributed by atoms with Crippen molar-refractivity contribution in [2.75, 3.05) is 39.4 Å². The van der Waals surface area contributed by atoms with E-state index in [0.717, 1.165) is 48.9 Å². The molecule has 1 aliphatic rings. The summed E-state index contributed by atoms with van der Waals surface area (Å²) in [6.45, 7) is 5.71. The van der Waals surface area contributed by atoms with E-state index in [4.69, 9.17) is 4.74 Å². The third kappa shape index (κ3) is 4.18. The number of carbonyl (C=O) groups is 1. The number of carbonyl (C=O) groups excluding carboxylic acids is 1. The van der Waals surface area contributed by atoms with E-state index < -0.39 is 0 Å². The van der Waals surface area contributed by atoms with Crippen molar-refractivity contribution >= 4 is 27.5 Å². The molecule has 1 N–H and O–H groups in total. The van der Waals surface area contributed by atoms with Crippen molar-refractivity contribution in [3.63, 3.8) is 0 Å². The minimum atomic E-state index is 0.0426. The molecule has 8 heteroatoms. The topological polar surface area (TPSA) is 64.7 Å². The van der Waals surface area contributed by atoms with Gasteiger partial charge in [0, 0.05) is 25.0 Å². The van der Waals surface area contributed by atoms with Crippen LogP contribution in [0.5, 0.6) is 0 Å². The monoisotopic (exact) mass is 386 g/mol. The highest BCUT2D eigenvalue weighted by molar-refractivity contribution is 7.16. The van der Waals surface area contributed by atoms with Gasteiger partial charge < -0.3 is 19.1 Å². The minimum Gasteiger partial charge on any atom is -0.370 e. The first-order chi connectivity index (χ1) is 13.2. The lowest BCUT2D eigenvalue weighted by molar-refractivity contribution is -0.907. The number of rotatable bonds is 6. The van der Waals surface area contributed by atoms with Crippen molar-refractivity contribution in [3.8, 4) is 0 Å². The van der Waals surface area contributed by atoms with Gasteiger partial charge in [0.1, 0.15) is 18.9 Å². The summed E-state index contributed by atoms with van der Waals surface area (Å²) in [6, 6.07) is 5.74. The van der Waals surface area contributed by atoms with Crippen LogP contribution in [0.1, 0.15) is 16.2 Å². The summed E-state index contributed by atoms with van der Waals surface area (Å²) in [5.74, 6) is 0.931. The Morgan fingerprint density at radius 2 is 2.19 bits per heavy atom. The summed E-state index contributed by atoms with van der Waals surface area (Å²) in [5, 5.41) is 0. The van der Waals surface area contributed by atoms with Crippen LogP contribution in [0.15, 0.2) is 36.1 Å². The maximum absolute atomic E-state index is 13.3. The zero-order valence-corrected chi connectivity index (χ0v) is 16.2. The van der Waals surface area contributed by atoms with Gasteiger partial charge in [-0.3, -0.25) is 4.79 Å². The SMILES string of the molecule is Cn1ccnc1CN(CC[NH+]1CCOCC1)C(=O)c1ccc2ncsc2c1. The number of hydrogen-bond acceptors (Lipinski definition) is 5. The number of quaternary nitrogens is 1. The van der Waals surface area contributed by atoms with Gasteiger partial charge >= 0.3 is 0 Å². The molecular formula is C19H24N5O2S+. The Kier molecular flexibility index (Phi) is 5.47. The predicted molar refractivity (Wildman–Crippen MR) is 104 cm³/mol. The first-order valence-corrected chi connectivity index (χ1v) is 10.1. The number of nitrogens with one attached hydrogen (secondary N) is 1. The van der Waals surface area contributed by atoms with Crippen LogP contribution in [0.4, 0.5) is 0 Å². The molecule has 0 radical (unpaired) electrons.